The number of hydrogen-bond acceptors (Lipinski definition) is 4. The van der Waals surface area contributed by atoms with Crippen LogP contribution in [0.15, 0.2) is 66.7 Å². The van der Waals surface area contributed by atoms with E-state index in [1.54, 1.807) is 44.2 Å². The van der Waals surface area contributed by atoms with Crippen LogP contribution in [0.4, 0.5) is 39.9 Å². The van der Waals surface area contributed by atoms with Gasteiger partial charge in [0.1, 0.15) is 17.6 Å². The van der Waals surface area contributed by atoms with Crippen LogP contribution in [0.5, 0.6) is 11.5 Å². The van der Waals surface area contributed by atoms with E-state index in [0.717, 1.165) is 30.3 Å². The van der Waals surface area contributed by atoms with Gasteiger partial charge in [-0.05, 0) is 54.8 Å². The average molecular weight is 616 g/mol. The average Bonchev–Trinajstić information content (AvgIpc) is 2.92. The molecule has 0 heterocycles. The number of alkyl halides is 6. The summed E-state index contributed by atoms with van der Waals surface area (Å²) >= 11 is 0. The van der Waals surface area contributed by atoms with Gasteiger partial charge in [-0.3, -0.25) is 0 Å². The summed E-state index contributed by atoms with van der Waals surface area (Å²) in [6, 6.07) is 12.5. The molecule has 0 saturated carbocycles. The van der Waals surface area contributed by atoms with Crippen molar-refractivity contribution in [2.75, 3.05) is 6.54 Å². The summed E-state index contributed by atoms with van der Waals surface area (Å²) in [4.78, 5) is 13.1. The van der Waals surface area contributed by atoms with Gasteiger partial charge in [0.25, 0.3) is 0 Å². The molecule has 0 radical (unpaired) electrons. The smallest absolute Gasteiger partial charge is 0.461 e. The Bertz CT molecular complexity index is 1470. The van der Waals surface area contributed by atoms with E-state index in [-0.39, 0.29) is 23.3 Å². The largest absolute Gasteiger partial charge is 0.488 e. The van der Waals surface area contributed by atoms with Crippen molar-refractivity contribution in [2.45, 2.75) is 50.4 Å². The fraction of sp³-hybridized carbons (Fsp3) is 0.310. The van der Waals surface area contributed by atoms with Gasteiger partial charge in [0.15, 0.2) is 11.6 Å². The summed E-state index contributed by atoms with van der Waals surface area (Å²) < 4.78 is 120. The first-order chi connectivity index (χ1) is 20.1. The zero-order valence-electron chi connectivity index (χ0n) is 22.6. The molecule has 0 aliphatic carbocycles. The second-order valence-electron chi connectivity index (χ2n) is 9.64. The molecule has 1 atom stereocenters. The number of urea groups is 1. The van der Waals surface area contributed by atoms with Crippen LogP contribution in [0, 0.1) is 23.0 Å². The van der Waals surface area contributed by atoms with Crippen molar-refractivity contribution >= 4 is 6.03 Å². The molecule has 6 nitrogen and oxygen atoms in total. The van der Waals surface area contributed by atoms with Crippen LogP contribution < -0.4 is 20.1 Å². The molecule has 2 amide bonds. The summed E-state index contributed by atoms with van der Waals surface area (Å²) in [6.07, 6.45) is -10.2. The minimum Gasteiger partial charge on any atom is -0.488 e. The number of rotatable bonds is 12. The number of benzene rings is 3. The van der Waals surface area contributed by atoms with E-state index < -0.39 is 60.1 Å². The minimum absolute atomic E-state index is 0.0484. The zero-order valence-corrected chi connectivity index (χ0v) is 22.6. The summed E-state index contributed by atoms with van der Waals surface area (Å²) in [5.41, 5.74) is -2.09. The van der Waals surface area contributed by atoms with Gasteiger partial charge in [0.05, 0.1) is 18.2 Å². The Balaban J connectivity index is 2.30. The third kappa shape index (κ3) is 8.50. The van der Waals surface area contributed by atoms with Gasteiger partial charge in [-0.15, -0.1) is 0 Å². The maximum atomic E-state index is 14.9. The van der Waals surface area contributed by atoms with Gasteiger partial charge in [-0.1, -0.05) is 36.4 Å². The van der Waals surface area contributed by atoms with Crippen LogP contribution in [0.3, 0.4) is 0 Å². The highest BCUT2D eigenvalue weighted by Gasteiger charge is 2.45. The lowest BCUT2D eigenvalue weighted by Crippen LogP contribution is -2.53. The molecule has 14 heteroatoms. The van der Waals surface area contributed by atoms with Gasteiger partial charge in [-0.25, -0.2) is 13.6 Å². The van der Waals surface area contributed by atoms with Crippen molar-refractivity contribution in [3.05, 3.63) is 95.1 Å². The van der Waals surface area contributed by atoms with E-state index in [0.29, 0.717) is 17.7 Å². The monoisotopic (exact) mass is 615 g/mol. The number of nitrogens with zero attached hydrogens (tertiary/aromatic N) is 1. The molecular weight excluding hydrogens is 590 g/mol. The number of carbonyl (C=O) groups excluding carboxylic acids is 1. The molecule has 0 spiro atoms. The molecule has 0 aliphatic rings. The molecule has 3 rings (SSSR count). The summed E-state index contributed by atoms with van der Waals surface area (Å²) in [6.45, 7) is 1.73. The van der Waals surface area contributed by atoms with Gasteiger partial charge in [-0.2, -0.15) is 31.6 Å². The molecule has 3 aromatic carbocycles. The maximum Gasteiger partial charge on any atom is 0.461 e. The number of nitrogens with one attached hydrogen (secondary N) is 2. The van der Waals surface area contributed by atoms with Crippen molar-refractivity contribution in [3.63, 3.8) is 0 Å². The van der Waals surface area contributed by atoms with Crippen molar-refractivity contribution in [1.82, 2.24) is 10.6 Å². The lowest BCUT2D eigenvalue weighted by atomic mass is 9.77. The van der Waals surface area contributed by atoms with E-state index in [2.05, 4.69) is 10.1 Å². The number of ether oxygens (including phenoxy) is 2. The van der Waals surface area contributed by atoms with Gasteiger partial charge in [0, 0.05) is 12.5 Å². The Morgan fingerprint density at radius 2 is 1.63 bits per heavy atom. The zero-order chi connectivity index (χ0) is 32.0. The third-order valence-corrected chi connectivity index (χ3v) is 5.93. The molecule has 1 unspecified atom stereocenters. The summed E-state index contributed by atoms with van der Waals surface area (Å²) in [5.74, 6) is -7.47. The second kappa shape index (κ2) is 13.2. The highest BCUT2D eigenvalue weighted by Crippen LogP contribution is 2.39. The highest BCUT2D eigenvalue weighted by atomic mass is 19.3. The van der Waals surface area contributed by atoms with Crippen LogP contribution in [-0.2, 0) is 12.0 Å². The number of hydrogen-bond donors (Lipinski definition) is 2. The molecule has 0 fully saturated rings. The molecule has 230 valence electrons. The summed E-state index contributed by atoms with van der Waals surface area (Å²) in [5, 5.41) is 12.9. The fourth-order valence-electron chi connectivity index (χ4n) is 4.11. The Hall–Kier alpha value is -4.54. The first-order valence-corrected chi connectivity index (χ1v) is 12.6. The molecule has 2 N–H and O–H groups in total. The Morgan fingerprint density at radius 1 is 0.953 bits per heavy atom. The second-order valence-corrected chi connectivity index (χ2v) is 9.64. The molecule has 43 heavy (non-hydrogen) atoms. The van der Waals surface area contributed by atoms with E-state index in [1.165, 1.54) is 0 Å². The van der Waals surface area contributed by atoms with E-state index in [9.17, 15) is 39.9 Å². The van der Waals surface area contributed by atoms with Crippen molar-refractivity contribution < 1.29 is 49.4 Å². The Labute approximate surface area is 241 Å². The van der Waals surface area contributed by atoms with E-state index in [4.69, 9.17) is 10.00 Å². The molecule has 0 aliphatic heterocycles. The van der Waals surface area contributed by atoms with Crippen LogP contribution in [-0.4, -0.2) is 37.1 Å². The van der Waals surface area contributed by atoms with E-state index in [1.807, 2.05) is 5.32 Å². The Morgan fingerprint density at radius 3 is 2.23 bits per heavy atom. The van der Waals surface area contributed by atoms with Gasteiger partial charge in [0.2, 0.25) is 0 Å². The molecule has 3 aromatic rings. The minimum atomic E-state index is -5.03. The predicted octanol–water partition coefficient (Wildman–Crippen LogP) is 6.93. The number of amides is 2. The van der Waals surface area contributed by atoms with E-state index >= 15 is 0 Å². The SMILES string of the molecule is CC(C)Oc1cc(C(Cc2ccccc2)(NC(=O)NCC(F)(F)C#N)c2cc(F)cc(OC(F)(F)C(F)F)c2)ccc1F. The van der Waals surface area contributed by atoms with Crippen LogP contribution in [0.25, 0.3) is 0 Å². The van der Waals surface area contributed by atoms with Crippen molar-refractivity contribution in [3.8, 4) is 17.6 Å². The standard InChI is InChI=1S/C29H25F8N3O3/c1-17(2)42-24-12-19(8-9-23(24)31)28(14-18-6-4-3-5-7-18,40-26(41)39-16-27(34,35)15-38)20-10-21(30)13-22(11-20)43-29(36,37)25(32)33/h3-13,17,25H,14,16H2,1-2H3,(H2,39,40,41). The normalized spacial score (nSPS) is 13.3. The van der Waals surface area contributed by atoms with Gasteiger partial charge < -0.3 is 20.1 Å². The van der Waals surface area contributed by atoms with Crippen molar-refractivity contribution in [1.29, 1.82) is 5.26 Å². The maximum absolute atomic E-state index is 14.9. The first kappa shape index (κ1) is 33.0. The lowest BCUT2D eigenvalue weighted by Gasteiger charge is -2.37. The highest BCUT2D eigenvalue weighted by molar-refractivity contribution is 5.76. The molecule has 0 aromatic heterocycles. The molecule has 0 saturated heterocycles. The number of carbonyl (C=O) groups is 1. The molecule has 0 bridgehead atoms. The quantitative estimate of drug-likeness (QED) is 0.217. The van der Waals surface area contributed by atoms with Crippen molar-refractivity contribution in [2.24, 2.45) is 0 Å². The number of halogens is 8. The Kier molecular flexibility index (Phi) is 10.1. The number of nitriles is 1. The molecular formula is C29H25F8N3O3. The van der Waals surface area contributed by atoms with Crippen LogP contribution in [0.2, 0.25) is 0 Å². The third-order valence-electron chi connectivity index (χ3n) is 5.93. The lowest BCUT2D eigenvalue weighted by molar-refractivity contribution is -0.253. The van der Waals surface area contributed by atoms with Crippen LogP contribution >= 0.6 is 0 Å². The van der Waals surface area contributed by atoms with Crippen LogP contribution in [0.1, 0.15) is 30.5 Å². The first-order valence-electron chi connectivity index (χ1n) is 12.6. The van der Waals surface area contributed by atoms with Gasteiger partial charge >= 0.3 is 24.5 Å². The topological polar surface area (TPSA) is 83.4 Å². The summed E-state index contributed by atoms with van der Waals surface area (Å²) in [7, 11) is 0. The fourth-order valence-corrected chi connectivity index (χ4v) is 4.11. The predicted molar refractivity (Wildman–Crippen MR) is 138 cm³/mol.